The van der Waals surface area contributed by atoms with Gasteiger partial charge in [0.15, 0.2) is 22.9 Å². The number of hydrogen-bond donors (Lipinski definition) is 1. The molecule has 14 heteroatoms. The molecule has 1 saturated heterocycles. The monoisotopic (exact) mass is 605 g/mol. The lowest BCUT2D eigenvalue weighted by molar-refractivity contribution is -0.143. The zero-order chi connectivity index (χ0) is 31.1. The van der Waals surface area contributed by atoms with Crippen LogP contribution in [-0.4, -0.2) is 82.4 Å². The lowest BCUT2D eigenvalue weighted by Crippen LogP contribution is -2.50. The molecule has 0 spiro atoms. The van der Waals surface area contributed by atoms with Crippen LogP contribution in [0.25, 0.3) is 16.9 Å². The maximum atomic E-state index is 14.9. The number of benzene rings is 2. The summed E-state index contributed by atoms with van der Waals surface area (Å²) >= 11 is 0. The van der Waals surface area contributed by atoms with Crippen molar-refractivity contribution in [2.75, 3.05) is 47.0 Å². The molecule has 4 aromatic rings. The summed E-state index contributed by atoms with van der Waals surface area (Å²) in [5, 5.41) is 13.9. The highest BCUT2D eigenvalue weighted by Gasteiger charge is 2.39. The second kappa shape index (κ2) is 11.8. The van der Waals surface area contributed by atoms with Crippen molar-refractivity contribution in [1.29, 1.82) is 0 Å². The molecule has 1 aliphatic rings. The molecule has 0 saturated carbocycles. The van der Waals surface area contributed by atoms with Gasteiger partial charge >= 0.3 is 6.18 Å². The smallest absolute Gasteiger partial charge is 0.433 e. The summed E-state index contributed by atoms with van der Waals surface area (Å²) in [6.07, 6.45) is -3.74. The van der Waals surface area contributed by atoms with Crippen LogP contribution in [0.4, 0.5) is 22.0 Å². The van der Waals surface area contributed by atoms with Crippen LogP contribution >= 0.6 is 0 Å². The van der Waals surface area contributed by atoms with E-state index >= 15 is 0 Å². The standard InChI is InChI=1S/C29H28F5N5O4/c1-16-25(17-4-6-18(42-2)7-5-17)36-27-19(14-35-39(27)26(16)29(32,33)34)28(41)38-12-10-37(11-13-38)21(15-40)23-20(30)8-9-22(43-3)24(23)31/h4-9,14,21,40H,10-13,15H2,1-3H3/t21-/m0/s1. The molecule has 1 aliphatic heterocycles. The molecule has 9 nitrogen and oxygen atoms in total. The van der Waals surface area contributed by atoms with Crippen molar-refractivity contribution in [2.45, 2.75) is 19.1 Å². The van der Waals surface area contributed by atoms with Crippen LogP contribution in [-0.2, 0) is 6.18 Å². The molecule has 0 unspecified atom stereocenters. The number of aromatic nitrogens is 3. The number of methoxy groups -OCH3 is 2. The Balaban J connectivity index is 1.45. The van der Waals surface area contributed by atoms with Crippen molar-refractivity contribution in [3.63, 3.8) is 0 Å². The molecular weight excluding hydrogens is 577 g/mol. The minimum atomic E-state index is -4.80. The van der Waals surface area contributed by atoms with E-state index in [1.165, 1.54) is 26.0 Å². The van der Waals surface area contributed by atoms with Gasteiger partial charge < -0.3 is 19.5 Å². The molecule has 1 amide bonds. The van der Waals surface area contributed by atoms with Gasteiger partial charge in [-0.25, -0.2) is 18.3 Å². The molecular formula is C29H28F5N5O4. The minimum absolute atomic E-state index is 0.0370. The molecule has 2 aromatic heterocycles. The van der Waals surface area contributed by atoms with Crippen LogP contribution in [0.2, 0.25) is 0 Å². The van der Waals surface area contributed by atoms with Crippen molar-refractivity contribution in [3.8, 4) is 22.8 Å². The Bertz CT molecular complexity index is 1650. The number of alkyl halides is 3. The van der Waals surface area contributed by atoms with E-state index in [-0.39, 0.29) is 60.0 Å². The normalized spacial score (nSPS) is 15.1. The molecule has 1 fully saturated rings. The molecule has 1 N–H and O–H groups in total. The zero-order valence-corrected chi connectivity index (χ0v) is 23.5. The number of hydrogen-bond acceptors (Lipinski definition) is 7. The molecule has 0 aliphatic carbocycles. The maximum Gasteiger partial charge on any atom is 0.433 e. The highest BCUT2D eigenvalue weighted by Crippen LogP contribution is 2.37. The number of rotatable bonds is 7. The van der Waals surface area contributed by atoms with Gasteiger partial charge in [0.2, 0.25) is 0 Å². The van der Waals surface area contributed by atoms with Gasteiger partial charge in [-0.1, -0.05) is 0 Å². The third-order valence-corrected chi connectivity index (χ3v) is 7.61. The fourth-order valence-electron chi connectivity index (χ4n) is 5.40. The van der Waals surface area contributed by atoms with Crippen molar-refractivity contribution in [1.82, 2.24) is 24.4 Å². The summed E-state index contributed by atoms with van der Waals surface area (Å²) in [6, 6.07) is 7.50. The van der Waals surface area contributed by atoms with E-state index in [9.17, 15) is 31.9 Å². The number of amides is 1. The van der Waals surface area contributed by atoms with Crippen molar-refractivity contribution in [2.24, 2.45) is 0 Å². The second-order valence-electron chi connectivity index (χ2n) is 9.96. The summed E-state index contributed by atoms with van der Waals surface area (Å²) in [7, 11) is 2.71. The SMILES string of the molecule is COc1ccc(-c2nc3c(C(=O)N4CCN([C@@H](CO)c5c(F)ccc(OC)c5F)CC4)cnn3c(C(F)(F)F)c2C)cc1. The van der Waals surface area contributed by atoms with Crippen LogP contribution in [0.15, 0.2) is 42.6 Å². The number of carbonyl (C=O) groups is 1. The third-order valence-electron chi connectivity index (χ3n) is 7.61. The van der Waals surface area contributed by atoms with Gasteiger partial charge in [0.25, 0.3) is 5.91 Å². The average Bonchev–Trinajstić information content (AvgIpc) is 3.41. The topological polar surface area (TPSA) is 92.4 Å². The number of fused-ring (bicyclic) bond motifs is 1. The van der Waals surface area contributed by atoms with E-state index in [0.717, 1.165) is 18.3 Å². The predicted molar refractivity (Wildman–Crippen MR) is 145 cm³/mol. The highest BCUT2D eigenvalue weighted by molar-refractivity contribution is 6.00. The Kier molecular flexibility index (Phi) is 8.25. The number of aliphatic hydroxyl groups is 1. The van der Waals surface area contributed by atoms with Crippen molar-refractivity contribution >= 4 is 11.6 Å². The fraction of sp³-hybridized carbons (Fsp3) is 0.345. The van der Waals surface area contributed by atoms with Crippen molar-refractivity contribution in [3.05, 3.63) is 76.6 Å². The van der Waals surface area contributed by atoms with Crippen molar-refractivity contribution < 1.29 is 41.3 Å². The first kappa shape index (κ1) is 30.2. The van der Waals surface area contributed by atoms with Crippen LogP contribution in [0, 0.1) is 18.6 Å². The molecule has 2 aromatic carbocycles. The second-order valence-corrected chi connectivity index (χ2v) is 9.96. The van der Waals surface area contributed by atoms with Crippen LogP contribution < -0.4 is 9.47 Å². The minimum Gasteiger partial charge on any atom is -0.497 e. The number of carbonyl (C=O) groups excluding carboxylic acids is 1. The lowest BCUT2D eigenvalue weighted by atomic mass is 10.0. The average molecular weight is 606 g/mol. The van der Waals surface area contributed by atoms with Crippen LogP contribution in [0.1, 0.15) is 33.2 Å². The summed E-state index contributed by atoms with van der Waals surface area (Å²) in [5.41, 5.74) is -1.52. The van der Waals surface area contributed by atoms with E-state index in [0.29, 0.717) is 15.8 Å². The van der Waals surface area contributed by atoms with E-state index in [4.69, 9.17) is 9.47 Å². The summed E-state index contributed by atoms with van der Waals surface area (Å²) in [4.78, 5) is 21.1. The van der Waals surface area contributed by atoms with Gasteiger partial charge in [0.1, 0.15) is 17.1 Å². The van der Waals surface area contributed by atoms with Gasteiger partial charge in [-0.2, -0.15) is 18.3 Å². The van der Waals surface area contributed by atoms with Gasteiger partial charge in [-0.05, 0) is 43.3 Å². The number of piperazine rings is 1. The zero-order valence-electron chi connectivity index (χ0n) is 23.5. The quantitative estimate of drug-likeness (QED) is 0.310. The van der Waals surface area contributed by atoms with E-state index in [2.05, 4.69) is 10.1 Å². The third kappa shape index (κ3) is 5.47. The molecule has 0 radical (unpaired) electrons. The molecule has 228 valence electrons. The largest absolute Gasteiger partial charge is 0.497 e. The van der Waals surface area contributed by atoms with E-state index in [1.807, 2.05) is 0 Å². The summed E-state index contributed by atoms with van der Waals surface area (Å²) in [5.74, 6) is -2.04. The van der Waals surface area contributed by atoms with E-state index in [1.54, 1.807) is 29.2 Å². The van der Waals surface area contributed by atoms with Crippen LogP contribution in [0.5, 0.6) is 11.5 Å². The van der Waals surface area contributed by atoms with E-state index < -0.39 is 42.1 Å². The Morgan fingerprint density at radius 3 is 2.28 bits per heavy atom. The molecule has 3 heterocycles. The Morgan fingerprint density at radius 1 is 1.02 bits per heavy atom. The first-order chi connectivity index (χ1) is 20.5. The number of aliphatic hydroxyl groups excluding tert-OH is 1. The summed E-state index contributed by atoms with van der Waals surface area (Å²) < 4.78 is 83.1. The number of halogens is 5. The van der Waals surface area contributed by atoms with Gasteiger partial charge in [-0.15, -0.1) is 0 Å². The fourth-order valence-corrected chi connectivity index (χ4v) is 5.40. The first-order valence-electron chi connectivity index (χ1n) is 13.3. The van der Waals surface area contributed by atoms with Gasteiger partial charge in [-0.3, -0.25) is 9.69 Å². The highest BCUT2D eigenvalue weighted by atomic mass is 19.4. The Hall–Kier alpha value is -4.30. The Morgan fingerprint density at radius 2 is 1.70 bits per heavy atom. The first-order valence-corrected chi connectivity index (χ1v) is 13.3. The molecule has 43 heavy (non-hydrogen) atoms. The van der Waals surface area contributed by atoms with Gasteiger partial charge in [0.05, 0.1) is 38.8 Å². The molecule has 0 bridgehead atoms. The van der Waals surface area contributed by atoms with Gasteiger partial charge in [0, 0.05) is 42.9 Å². The maximum absolute atomic E-state index is 14.9. The number of nitrogens with zero attached hydrogens (tertiary/aromatic N) is 5. The number of ether oxygens (including phenoxy) is 2. The predicted octanol–water partition coefficient (Wildman–Crippen LogP) is 4.51. The summed E-state index contributed by atoms with van der Waals surface area (Å²) in [6.45, 7) is 1.10. The molecule has 5 rings (SSSR count). The molecule has 1 atom stereocenters. The van der Waals surface area contributed by atoms with Crippen LogP contribution in [0.3, 0.4) is 0 Å². The lowest BCUT2D eigenvalue weighted by Gasteiger charge is -2.39. The Labute approximate surface area is 243 Å².